The lowest BCUT2D eigenvalue weighted by molar-refractivity contribution is -0.0497. The van der Waals surface area contributed by atoms with Crippen LogP contribution < -0.4 is 15.4 Å². The molecule has 0 radical (unpaired) electrons. The zero-order valence-electron chi connectivity index (χ0n) is 12.9. The number of urea groups is 1. The van der Waals surface area contributed by atoms with Crippen LogP contribution in [0.4, 0.5) is 19.3 Å². The van der Waals surface area contributed by atoms with Gasteiger partial charge in [0.2, 0.25) is 0 Å². The molecule has 0 saturated carbocycles. The van der Waals surface area contributed by atoms with Crippen molar-refractivity contribution in [2.24, 2.45) is 0 Å². The molecular formula is C16H18F2N2O4. The fraction of sp³-hybridized carbons (Fsp3) is 0.312. The first-order chi connectivity index (χ1) is 11.4. The first-order valence-electron chi connectivity index (χ1n) is 7.28. The van der Waals surface area contributed by atoms with E-state index in [9.17, 15) is 18.7 Å². The van der Waals surface area contributed by atoms with Gasteiger partial charge < -0.3 is 24.9 Å². The molecule has 3 N–H and O–H groups in total. The summed E-state index contributed by atoms with van der Waals surface area (Å²) in [6.07, 6.45) is 0.880. The lowest BCUT2D eigenvalue weighted by Crippen LogP contribution is -2.37. The number of amides is 2. The molecule has 1 heterocycles. The van der Waals surface area contributed by atoms with Crippen molar-refractivity contribution in [3.05, 3.63) is 48.4 Å². The first-order valence-corrected chi connectivity index (χ1v) is 7.28. The maximum Gasteiger partial charge on any atom is 0.387 e. The summed E-state index contributed by atoms with van der Waals surface area (Å²) in [7, 11) is 0. The van der Waals surface area contributed by atoms with Crippen molar-refractivity contribution in [1.29, 1.82) is 0 Å². The third-order valence-electron chi connectivity index (χ3n) is 3.14. The predicted molar refractivity (Wildman–Crippen MR) is 83.0 cm³/mol. The zero-order valence-corrected chi connectivity index (χ0v) is 12.9. The van der Waals surface area contributed by atoms with E-state index in [1.807, 2.05) is 0 Å². The second-order valence-electron chi connectivity index (χ2n) is 5.17. The minimum absolute atomic E-state index is 0.0518. The third-order valence-corrected chi connectivity index (χ3v) is 3.14. The van der Waals surface area contributed by atoms with E-state index in [2.05, 4.69) is 15.4 Å². The molecule has 8 heteroatoms. The number of alkyl halides is 2. The monoisotopic (exact) mass is 340 g/mol. The number of ether oxygens (including phenoxy) is 1. The second-order valence-corrected chi connectivity index (χ2v) is 5.17. The van der Waals surface area contributed by atoms with Crippen LogP contribution in [0, 0.1) is 0 Å². The number of carbonyl (C=O) groups is 1. The van der Waals surface area contributed by atoms with Crippen molar-refractivity contribution in [3.8, 4) is 5.75 Å². The fourth-order valence-electron chi connectivity index (χ4n) is 2.13. The van der Waals surface area contributed by atoms with Gasteiger partial charge in [-0.3, -0.25) is 0 Å². The maximum absolute atomic E-state index is 12.2. The van der Waals surface area contributed by atoms with Gasteiger partial charge >= 0.3 is 12.6 Å². The highest BCUT2D eigenvalue weighted by Gasteiger charge is 2.16. The summed E-state index contributed by atoms with van der Waals surface area (Å²) in [6.45, 7) is -1.21. The number of aliphatic hydroxyl groups excluding tert-OH is 1. The number of aliphatic hydroxyl groups is 1. The summed E-state index contributed by atoms with van der Waals surface area (Å²) in [5.74, 6) is 0.366. The van der Waals surface area contributed by atoms with Crippen LogP contribution in [0.15, 0.2) is 47.1 Å². The molecule has 130 valence electrons. The smallest absolute Gasteiger partial charge is 0.387 e. The van der Waals surface area contributed by atoms with E-state index in [0.717, 1.165) is 0 Å². The molecule has 2 rings (SSSR count). The van der Waals surface area contributed by atoms with E-state index in [0.29, 0.717) is 11.4 Å². The average Bonchev–Trinajstić information content (AvgIpc) is 3.00. The fourth-order valence-corrected chi connectivity index (χ4v) is 2.13. The van der Waals surface area contributed by atoms with Crippen LogP contribution in [0.25, 0.3) is 0 Å². The Bertz CT molecular complexity index is 649. The third kappa shape index (κ3) is 5.54. The number of rotatable bonds is 7. The molecule has 2 aromatic rings. The molecule has 0 aliphatic carbocycles. The standard InChI is InChI=1S/C16H18F2N2O4/c1-10(8-13(21)14-6-3-7-23-14)19-16(22)20-11-4-2-5-12(9-11)24-15(17)18/h2-7,9-10,13,15,21H,8H2,1H3,(H2,19,20,22). The summed E-state index contributed by atoms with van der Waals surface area (Å²) in [4.78, 5) is 11.9. The Morgan fingerprint density at radius 3 is 2.79 bits per heavy atom. The summed E-state index contributed by atoms with van der Waals surface area (Å²) < 4.78 is 33.7. The van der Waals surface area contributed by atoms with Crippen molar-refractivity contribution in [2.45, 2.75) is 32.1 Å². The van der Waals surface area contributed by atoms with E-state index >= 15 is 0 Å². The van der Waals surface area contributed by atoms with Gasteiger partial charge in [0.15, 0.2) is 0 Å². The van der Waals surface area contributed by atoms with Gasteiger partial charge in [-0.25, -0.2) is 4.79 Å². The molecule has 6 nitrogen and oxygen atoms in total. The SMILES string of the molecule is CC(CC(O)c1ccco1)NC(=O)Nc1cccc(OC(F)F)c1. The van der Waals surface area contributed by atoms with Gasteiger partial charge in [0, 0.05) is 24.2 Å². The van der Waals surface area contributed by atoms with Crippen LogP contribution in [0.3, 0.4) is 0 Å². The highest BCUT2D eigenvalue weighted by Crippen LogP contribution is 2.20. The molecule has 0 aliphatic rings. The number of carbonyl (C=O) groups excluding carboxylic acids is 1. The van der Waals surface area contributed by atoms with Gasteiger partial charge in [-0.15, -0.1) is 0 Å². The summed E-state index contributed by atoms with van der Waals surface area (Å²) in [5.41, 5.74) is 0.310. The van der Waals surface area contributed by atoms with Gasteiger partial charge in [-0.05, 0) is 31.2 Å². The molecule has 2 atom stereocenters. The van der Waals surface area contributed by atoms with Gasteiger partial charge in [-0.2, -0.15) is 8.78 Å². The predicted octanol–water partition coefficient (Wildman–Crippen LogP) is 3.51. The number of hydrogen-bond donors (Lipinski definition) is 3. The highest BCUT2D eigenvalue weighted by atomic mass is 19.3. The Morgan fingerprint density at radius 2 is 2.12 bits per heavy atom. The molecule has 1 aromatic carbocycles. The molecule has 0 bridgehead atoms. The van der Waals surface area contributed by atoms with Crippen molar-refractivity contribution in [2.75, 3.05) is 5.32 Å². The average molecular weight is 340 g/mol. The highest BCUT2D eigenvalue weighted by molar-refractivity contribution is 5.89. The van der Waals surface area contributed by atoms with Gasteiger partial charge in [0.25, 0.3) is 0 Å². The topological polar surface area (TPSA) is 83.7 Å². The van der Waals surface area contributed by atoms with Crippen LogP contribution in [-0.4, -0.2) is 23.8 Å². The number of nitrogens with one attached hydrogen (secondary N) is 2. The van der Waals surface area contributed by atoms with Crippen molar-refractivity contribution >= 4 is 11.7 Å². The second kappa shape index (κ2) is 8.30. The van der Waals surface area contributed by atoms with Gasteiger partial charge in [0.1, 0.15) is 17.6 Å². The van der Waals surface area contributed by atoms with Gasteiger partial charge in [-0.1, -0.05) is 6.07 Å². The molecule has 0 fully saturated rings. The summed E-state index contributed by atoms with van der Waals surface area (Å²) >= 11 is 0. The zero-order chi connectivity index (χ0) is 17.5. The molecule has 1 aromatic heterocycles. The van der Waals surface area contributed by atoms with Crippen molar-refractivity contribution in [3.63, 3.8) is 0 Å². The molecule has 2 unspecified atom stereocenters. The largest absolute Gasteiger partial charge is 0.467 e. The normalized spacial score (nSPS) is 13.4. The molecule has 2 amide bonds. The van der Waals surface area contributed by atoms with Crippen molar-refractivity contribution < 1.29 is 27.8 Å². The van der Waals surface area contributed by atoms with Crippen LogP contribution >= 0.6 is 0 Å². The molecule has 24 heavy (non-hydrogen) atoms. The van der Waals surface area contributed by atoms with E-state index in [4.69, 9.17) is 4.42 Å². The number of benzene rings is 1. The van der Waals surface area contributed by atoms with Gasteiger partial charge in [0.05, 0.1) is 6.26 Å². The Balaban J connectivity index is 1.84. The van der Waals surface area contributed by atoms with E-state index in [-0.39, 0.29) is 18.2 Å². The van der Waals surface area contributed by atoms with Crippen LogP contribution in [0.5, 0.6) is 5.75 Å². The van der Waals surface area contributed by atoms with E-state index < -0.39 is 18.7 Å². The number of hydrogen-bond acceptors (Lipinski definition) is 4. The lowest BCUT2D eigenvalue weighted by Gasteiger charge is -2.17. The first kappa shape index (κ1) is 17.7. The van der Waals surface area contributed by atoms with Crippen molar-refractivity contribution in [1.82, 2.24) is 5.32 Å². The summed E-state index contributed by atoms with van der Waals surface area (Å²) in [6, 6.07) is 8.11. The van der Waals surface area contributed by atoms with E-state index in [1.54, 1.807) is 25.1 Å². The van der Waals surface area contributed by atoms with E-state index in [1.165, 1.54) is 24.5 Å². The maximum atomic E-state index is 12.2. The number of furan rings is 1. The number of anilines is 1. The Kier molecular flexibility index (Phi) is 6.14. The summed E-state index contributed by atoms with van der Waals surface area (Å²) in [5, 5.41) is 15.1. The minimum atomic E-state index is -2.93. The Labute approximate surface area is 137 Å². The Morgan fingerprint density at radius 1 is 1.33 bits per heavy atom. The quantitative estimate of drug-likeness (QED) is 0.720. The lowest BCUT2D eigenvalue weighted by atomic mass is 10.1. The number of halogens is 2. The van der Waals surface area contributed by atoms with Crippen LogP contribution in [-0.2, 0) is 0 Å². The minimum Gasteiger partial charge on any atom is -0.467 e. The van der Waals surface area contributed by atoms with Crippen LogP contribution in [0.1, 0.15) is 25.2 Å². The molecule has 0 aliphatic heterocycles. The van der Waals surface area contributed by atoms with Crippen LogP contribution in [0.2, 0.25) is 0 Å². The molecule has 0 spiro atoms. The Hall–Kier alpha value is -2.61. The molecule has 0 saturated heterocycles. The molecular weight excluding hydrogens is 322 g/mol.